The molecule has 2 aromatic carbocycles. The standard InChI is InChI=1S/C20H18F3NO4/c21-20(22,23)16-12-24(11-15(16)19(26)27)18(25)17(13-7-3-1-4-8-13)28-14-9-5-2-6-10-14/h1-10,15-17H,11-12H2,(H,26,27)/t15-,16-,17?/m1/s1. The third kappa shape index (κ3) is 4.27. The number of nitrogens with zero attached hydrogens (tertiary/aromatic N) is 1. The summed E-state index contributed by atoms with van der Waals surface area (Å²) in [5, 5.41) is 9.17. The number of carbonyl (C=O) groups is 2. The zero-order valence-electron chi connectivity index (χ0n) is 14.7. The molecule has 1 unspecified atom stereocenters. The number of hydrogen-bond donors (Lipinski definition) is 1. The lowest BCUT2D eigenvalue weighted by Crippen LogP contribution is -2.37. The molecule has 5 nitrogen and oxygen atoms in total. The van der Waals surface area contributed by atoms with E-state index in [1.165, 1.54) is 0 Å². The highest BCUT2D eigenvalue weighted by molar-refractivity contribution is 5.84. The van der Waals surface area contributed by atoms with E-state index in [9.17, 15) is 22.8 Å². The van der Waals surface area contributed by atoms with Gasteiger partial charge in [0.25, 0.3) is 5.91 Å². The summed E-state index contributed by atoms with van der Waals surface area (Å²) in [4.78, 5) is 25.2. The van der Waals surface area contributed by atoms with Crippen molar-refractivity contribution in [1.82, 2.24) is 4.90 Å². The fourth-order valence-electron chi connectivity index (χ4n) is 3.26. The highest BCUT2D eigenvalue weighted by Gasteiger charge is 2.54. The molecule has 1 fully saturated rings. The minimum absolute atomic E-state index is 0.381. The van der Waals surface area contributed by atoms with E-state index in [4.69, 9.17) is 9.84 Å². The van der Waals surface area contributed by atoms with E-state index in [-0.39, 0.29) is 0 Å². The predicted molar refractivity (Wildman–Crippen MR) is 93.5 cm³/mol. The summed E-state index contributed by atoms with van der Waals surface area (Å²) in [6, 6.07) is 16.8. The van der Waals surface area contributed by atoms with Crippen LogP contribution in [0.25, 0.3) is 0 Å². The molecular formula is C20H18F3NO4. The zero-order chi connectivity index (χ0) is 20.3. The summed E-state index contributed by atoms with van der Waals surface area (Å²) >= 11 is 0. The normalized spacial score (nSPS) is 20.6. The van der Waals surface area contributed by atoms with Crippen molar-refractivity contribution in [3.63, 3.8) is 0 Å². The summed E-state index contributed by atoms with van der Waals surface area (Å²) in [6.07, 6.45) is -5.88. The average molecular weight is 393 g/mol. The lowest BCUT2D eigenvalue weighted by atomic mass is 9.96. The number of ether oxygens (including phenoxy) is 1. The molecule has 1 saturated heterocycles. The second-order valence-corrected chi connectivity index (χ2v) is 6.56. The van der Waals surface area contributed by atoms with Crippen LogP contribution in [0, 0.1) is 11.8 Å². The fraction of sp³-hybridized carbons (Fsp3) is 0.300. The van der Waals surface area contributed by atoms with Crippen LogP contribution in [0.1, 0.15) is 11.7 Å². The largest absolute Gasteiger partial charge is 0.481 e. The highest BCUT2D eigenvalue weighted by atomic mass is 19.4. The van der Waals surface area contributed by atoms with Gasteiger partial charge in [0.05, 0.1) is 11.8 Å². The van der Waals surface area contributed by atoms with Gasteiger partial charge >= 0.3 is 12.1 Å². The number of aliphatic carboxylic acids is 1. The number of carboxylic acid groups (broad SMARTS) is 1. The van der Waals surface area contributed by atoms with E-state index in [0.717, 1.165) is 4.90 Å². The van der Waals surface area contributed by atoms with Gasteiger partial charge in [-0.05, 0) is 12.1 Å². The second kappa shape index (κ2) is 7.92. The minimum Gasteiger partial charge on any atom is -0.481 e. The second-order valence-electron chi connectivity index (χ2n) is 6.56. The third-order valence-electron chi connectivity index (χ3n) is 4.69. The van der Waals surface area contributed by atoms with Gasteiger partial charge in [-0.2, -0.15) is 13.2 Å². The first-order chi connectivity index (χ1) is 13.3. The molecule has 0 saturated carbocycles. The molecule has 1 N–H and O–H groups in total. The summed E-state index contributed by atoms with van der Waals surface area (Å²) in [7, 11) is 0. The summed E-state index contributed by atoms with van der Waals surface area (Å²) in [5.41, 5.74) is 0.471. The van der Waals surface area contributed by atoms with E-state index in [1.54, 1.807) is 60.7 Å². The van der Waals surface area contributed by atoms with Crippen LogP contribution in [0.2, 0.25) is 0 Å². The molecule has 8 heteroatoms. The molecule has 0 spiro atoms. The van der Waals surface area contributed by atoms with Crippen molar-refractivity contribution in [3.05, 3.63) is 66.2 Å². The SMILES string of the molecule is O=C(O)[C@@H]1CN(C(=O)C(Oc2ccccc2)c2ccccc2)C[C@H]1C(F)(F)F. The van der Waals surface area contributed by atoms with Crippen molar-refractivity contribution in [3.8, 4) is 5.75 Å². The van der Waals surface area contributed by atoms with Crippen LogP contribution in [0.5, 0.6) is 5.75 Å². The number of carboxylic acids is 1. The summed E-state index contributed by atoms with van der Waals surface area (Å²) in [6.45, 7) is -1.22. The Bertz CT molecular complexity index is 826. The van der Waals surface area contributed by atoms with Crippen LogP contribution in [0.4, 0.5) is 13.2 Å². The number of rotatable bonds is 5. The van der Waals surface area contributed by atoms with Gasteiger partial charge < -0.3 is 14.7 Å². The molecule has 0 radical (unpaired) electrons. The molecule has 28 heavy (non-hydrogen) atoms. The Kier molecular flexibility index (Phi) is 5.58. The Morgan fingerprint density at radius 3 is 2.07 bits per heavy atom. The zero-order valence-corrected chi connectivity index (χ0v) is 14.7. The Hall–Kier alpha value is -3.03. The van der Waals surface area contributed by atoms with Crippen molar-refractivity contribution in [2.75, 3.05) is 13.1 Å². The molecule has 3 atom stereocenters. The minimum atomic E-state index is -4.71. The van der Waals surface area contributed by atoms with Crippen molar-refractivity contribution in [2.45, 2.75) is 12.3 Å². The number of para-hydroxylation sites is 1. The van der Waals surface area contributed by atoms with Crippen LogP contribution in [0.3, 0.4) is 0 Å². The van der Waals surface area contributed by atoms with E-state index >= 15 is 0 Å². The molecule has 1 aliphatic heterocycles. The molecule has 1 heterocycles. The number of hydrogen-bond acceptors (Lipinski definition) is 3. The summed E-state index contributed by atoms with van der Waals surface area (Å²) < 4.78 is 45.5. The fourth-order valence-corrected chi connectivity index (χ4v) is 3.26. The lowest BCUT2D eigenvalue weighted by molar-refractivity contribution is -0.188. The third-order valence-corrected chi connectivity index (χ3v) is 4.69. The van der Waals surface area contributed by atoms with Crippen LogP contribution in [-0.2, 0) is 9.59 Å². The molecular weight excluding hydrogens is 375 g/mol. The molecule has 3 rings (SSSR count). The first kappa shape index (κ1) is 19.7. The smallest absolute Gasteiger partial charge is 0.394 e. The maximum atomic E-state index is 13.2. The number of alkyl halides is 3. The van der Waals surface area contributed by atoms with E-state index in [2.05, 4.69) is 0 Å². The molecule has 0 aliphatic carbocycles. The van der Waals surface area contributed by atoms with Gasteiger partial charge in [0.2, 0.25) is 6.10 Å². The molecule has 0 bridgehead atoms. The highest BCUT2D eigenvalue weighted by Crippen LogP contribution is 2.39. The molecule has 1 amide bonds. The maximum absolute atomic E-state index is 13.2. The monoisotopic (exact) mass is 393 g/mol. The van der Waals surface area contributed by atoms with Gasteiger partial charge in [-0.25, -0.2) is 0 Å². The number of halogens is 3. The van der Waals surface area contributed by atoms with E-state index < -0.39 is 49.1 Å². The van der Waals surface area contributed by atoms with Crippen molar-refractivity contribution in [1.29, 1.82) is 0 Å². The molecule has 1 aliphatic rings. The van der Waals surface area contributed by atoms with Gasteiger partial charge in [-0.15, -0.1) is 0 Å². The number of amides is 1. The topological polar surface area (TPSA) is 66.8 Å². The Balaban J connectivity index is 1.88. The van der Waals surface area contributed by atoms with Gasteiger partial charge in [0.15, 0.2) is 0 Å². The van der Waals surface area contributed by atoms with Crippen molar-refractivity contribution in [2.24, 2.45) is 11.8 Å². The molecule has 2 aromatic rings. The van der Waals surface area contributed by atoms with Gasteiger partial charge in [0, 0.05) is 18.7 Å². The quantitative estimate of drug-likeness (QED) is 0.844. The van der Waals surface area contributed by atoms with E-state index in [1.807, 2.05) is 0 Å². The summed E-state index contributed by atoms with van der Waals surface area (Å²) in [5.74, 6) is -5.70. The Labute approximate surface area is 159 Å². The van der Waals surface area contributed by atoms with E-state index in [0.29, 0.717) is 11.3 Å². The average Bonchev–Trinajstić information content (AvgIpc) is 3.13. The molecule has 148 valence electrons. The van der Waals surface area contributed by atoms with Gasteiger partial charge in [-0.1, -0.05) is 48.5 Å². The predicted octanol–water partition coefficient (Wildman–Crippen LogP) is 3.53. The molecule has 0 aromatic heterocycles. The number of benzene rings is 2. The Morgan fingerprint density at radius 2 is 1.57 bits per heavy atom. The van der Waals surface area contributed by atoms with Crippen LogP contribution >= 0.6 is 0 Å². The van der Waals surface area contributed by atoms with Crippen molar-refractivity contribution >= 4 is 11.9 Å². The number of likely N-dealkylation sites (tertiary alicyclic amines) is 1. The van der Waals surface area contributed by atoms with Gasteiger partial charge in [-0.3, -0.25) is 9.59 Å². The maximum Gasteiger partial charge on any atom is 0.394 e. The number of carbonyl (C=O) groups excluding carboxylic acids is 1. The lowest BCUT2D eigenvalue weighted by Gasteiger charge is -2.25. The van der Waals surface area contributed by atoms with Crippen molar-refractivity contribution < 1.29 is 32.6 Å². The van der Waals surface area contributed by atoms with Crippen LogP contribution in [0.15, 0.2) is 60.7 Å². The van der Waals surface area contributed by atoms with Crippen LogP contribution in [-0.4, -0.2) is 41.1 Å². The Morgan fingerprint density at radius 1 is 1.00 bits per heavy atom. The first-order valence-corrected chi connectivity index (χ1v) is 8.62. The first-order valence-electron chi connectivity index (χ1n) is 8.62. The van der Waals surface area contributed by atoms with Gasteiger partial charge in [0.1, 0.15) is 5.75 Å². The van der Waals surface area contributed by atoms with Crippen LogP contribution < -0.4 is 4.74 Å².